The van der Waals surface area contributed by atoms with Gasteiger partial charge in [-0.15, -0.1) is 0 Å². The fourth-order valence-electron chi connectivity index (χ4n) is 2.01. The summed E-state index contributed by atoms with van der Waals surface area (Å²) in [6.45, 7) is 1.34. The number of ether oxygens (including phenoxy) is 1. The van der Waals surface area contributed by atoms with Crippen LogP contribution in [-0.2, 0) is 17.3 Å². The molecular formula is C13H14F5N3O3. The van der Waals surface area contributed by atoms with Crippen LogP contribution in [0.4, 0.5) is 32.4 Å². The second kappa shape index (κ2) is 7.41. The molecule has 134 valence electrons. The predicted octanol–water partition coefficient (Wildman–Crippen LogP) is 3.14. The SMILES string of the molecule is CCc1c(NC(=O)NC)c(C(F)F)nc(C(F)(F)F)c1C(=O)OC. The molecule has 1 rings (SSSR count). The quantitative estimate of drug-likeness (QED) is 0.642. The number of urea groups is 1. The van der Waals surface area contributed by atoms with Gasteiger partial charge < -0.3 is 15.4 Å². The van der Waals surface area contributed by atoms with Gasteiger partial charge in [-0.25, -0.2) is 23.4 Å². The minimum absolute atomic E-state index is 0.255. The zero-order valence-corrected chi connectivity index (χ0v) is 12.8. The minimum atomic E-state index is -5.16. The highest BCUT2D eigenvalue weighted by Gasteiger charge is 2.41. The van der Waals surface area contributed by atoms with Crippen LogP contribution in [-0.4, -0.2) is 31.1 Å². The van der Waals surface area contributed by atoms with E-state index in [-0.39, 0.29) is 6.42 Å². The maximum atomic E-state index is 13.2. The summed E-state index contributed by atoms with van der Waals surface area (Å²) < 4.78 is 70.1. The molecule has 0 aliphatic carbocycles. The van der Waals surface area contributed by atoms with Crippen LogP contribution >= 0.6 is 0 Å². The molecular weight excluding hydrogens is 341 g/mol. The lowest BCUT2D eigenvalue weighted by Gasteiger charge is -2.20. The number of esters is 1. The molecule has 0 fully saturated rings. The molecule has 0 unspecified atom stereocenters. The van der Waals surface area contributed by atoms with E-state index in [4.69, 9.17) is 0 Å². The first-order valence-electron chi connectivity index (χ1n) is 6.57. The number of amides is 2. The summed E-state index contributed by atoms with van der Waals surface area (Å²) in [5, 5.41) is 4.07. The van der Waals surface area contributed by atoms with E-state index in [1.54, 1.807) is 0 Å². The summed E-state index contributed by atoms with van der Waals surface area (Å²) in [5.74, 6) is -1.40. The van der Waals surface area contributed by atoms with Crippen LogP contribution in [0.5, 0.6) is 0 Å². The second-order valence-corrected chi connectivity index (χ2v) is 4.42. The van der Waals surface area contributed by atoms with E-state index in [1.807, 2.05) is 5.32 Å². The molecule has 2 N–H and O–H groups in total. The second-order valence-electron chi connectivity index (χ2n) is 4.42. The first-order valence-corrected chi connectivity index (χ1v) is 6.57. The van der Waals surface area contributed by atoms with Gasteiger partial charge in [0, 0.05) is 7.05 Å². The van der Waals surface area contributed by atoms with Gasteiger partial charge in [-0.05, 0) is 12.0 Å². The highest BCUT2D eigenvalue weighted by Crippen LogP contribution is 2.39. The van der Waals surface area contributed by atoms with E-state index in [2.05, 4.69) is 15.0 Å². The average Bonchev–Trinajstić information content (AvgIpc) is 2.51. The summed E-state index contributed by atoms with van der Waals surface area (Å²) >= 11 is 0. The van der Waals surface area contributed by atoms with Crippen molar-refractivity contribution in [2.75, 3.05) is 19.5 Å². The Bertz CT molecular complexity index is 647. The van der Waals surface area contributed by atoms with Crippen molar-refractivity contribution in [1.82, 2.24) is 10.3 Å². The lowest BCUT2D eigenvalue weighted by molar-refractivity contribution is -0.142. The Hall–Kier alpha value is -2.46. The fourth-order valence-corrected chi connectivity index (χ4v) is 2.01. The summed E-state index contributed by atoms with van der Waals surface area (Å²) in [6.07, 6.45) is -8.83. The lowest BCUT2D eigenvalue weighted by Crippen LogP contribution is -2.28. The zero-order valence-electron chi connectivity index (χ0n) is 12.8. The lowest BCUT2D eigenvalue weighted by atomic mass is 9.99. The Morgan fingerprint density at radius 3 is 2.25 bits per heavy atom. The highest BCUT2D eigenvalue weighted by molar-refractivity contribution is 5.97. The number of carbonyl (C=O) groups excluding carboxylic acids is 2. The van der Waals surface area contributed by atoms with E-state index in [0.29, 0.717) is 0 Å². The molecule has 0 atom stereocenters. The molecule has 0 spiro atoms. The van der Waals surface area contributed by atoms with Gasteiger partial charge in [0.25, 0.3) is 6.43 Å². The van der Waals surface area contributed by atoms with Crippen LogP contribution < -0.4 is 10.6 Å². The average molecular weight is 355 g/mol. The molecule has 0 radical (unpaired) electrons. The number of rotatable bonds is 4. The molecule has 11 heteroatoms. The summed E-state index contributed by atoms with van der Waals surface area (Å²) in [7, 11) is 2.02. The maximum absolute atomic E-state index is 13.2. The number of nitrogens with zero attached hydrogens (tertiary/aromatic N) is 1. The number of methoxy groups -OCH3 is 1. The van der Waals surface area contributed by atoms with Crippen molar-refractivity contribution in [2.45, 2.75) is 25.9 Å². The largest absolute Gasteiger partial charge is 0.465 e. The molecule has 0 aromatic carbocycles. The molecule has 6 nitrogen and oxygen atoms in total. The normalized spacial score (nSPS) is 11.4. The van der Waals surface area contributed by atoms with Crippen LogP contribution in [0.2, 0.25) is 0 Å². The highest BCUT2D eigenvalue weighted by atomic mass is 19.4. The van der Waals surface area contributed by atoms with Gasteiger partial charge in [0.1, 0.15) is 5.69 Å². The number of nitrogens with one attached hydrogen (secondary N) is 2. The number of pyridine rings is 1. The van der Waals surface area contributed by atoms with Gasteiger partial charge >= 0.3 is 18.2 Å². The summed E-state index contributed by atoms with van der Waals surface area (Å²) in [4.78, 5) is 26.1. The van der Waals surface area contributed by atoms with Crippen molar-refractivity contribution in [3.05, 3.63) is 22.5 Å². The number of alkyl halides is 5. The van der Waals surface area contributed by atoms with Gasteiger partial charge in [0.15, 0.2) is 5.69 Å². The third-order valence-electron chi connectivity index (χ3n) is 3.01. The third kappa shape index (κ3) is 3.89. The van der Waals surface area contributed by atoms with Crippen LogP contribution in [0.15, 0.2) is 0 Å². The van der Waals surface area contributed by atoms with Gasteiger partial charge in [0.05, 0.1) is 18.4 Å². The third-order valence-corrected chi connectivity index (χ3v) is 3.01. The summed E-state index contributed by atoms with van der Waals surface area (Å²) in [5.41, 5.74) is -5.17. The molecule has 1 aromatic heterocycles. The van der Waals surface area contributed by atoms with Crippen LogP contribution in [0.25, 0.3) is 0 Å². The molecule has 0 saturated heterocycles. The molecule has 1 aromatic rings. The molecule has 1 heterocycles. The predicted molar refractivity (Wildman–Crippen MR) is 73.0 cm³/mol. The Morgan fingerprint density at radius 2 is 1.88 bits per heavy atom. The van der Waals surface area contributed by atoms with Crippen LogP contribution in [0, 0.1) is 0 Å². The number of halogens is 5. The molecule has 2 amide bonds. The standard InChI is InChI=1S/C13H14F5N3O3/c1-4-5-6(11(22)24-3)9(13(16,17)18)20-8(10(14)15)7(5)21-12(23)19-2/h10H,4H2,1-3H3,(H2,19,21,23). The van der Waals surface area contributed by atoms with E-state index < -0.39 is 52.8 Å². The molecule has 0 saturated carbocycles. The number of hydrogen-bond acceptors (Lipinski definition) is 4. The maximum Gasteiger partial charge on any atom is 0.434 e. The smallest absolute Gasteiger partial charge is 0.434 e. The van der Waals surface area contributed by atoms with Gasteiger partial charge in [-0.3, -0.25) is 0 Å². The van der Waals surface area contributed by atoms with Crippen molar-refractivity contribution in [3.8, 4) is 0 Å². The fraction of sp³-hybridized carbons (Fsp3) is 0.462. The topological polar surface area (TPSA) is 80.3 Å². The Balaban J connectivity index is 3.87. The van der Waals surface area contributed by atoms with Crippen molar-refractivity contribution in [3.63, 3.8) is 0 Å². The van der Waals surface area contributed by atoms with Crippen LogP contribution in [0.3, 0.4) is 0 Å². The number of hydrogen-bond donors (Lipinski definition) is 2. The number of carbonyl (C=O) groups is 2. The van der Waals surface area contributed by atoms with E-state index in [9.17, 15) is 31.5 Å². The van der Waals surface area contributed by atoms with E-state index in [0.717, 1.165) is 7.11 Å². The monoisotopic (exact) mass is 355 g/mol. The Labute approximate surface area is 133 Å². The van der Waals surface area contributed by atoms with E-state index >= 15 is 0 Å². The molecule has 0 aliphatic heterocycles. The van der Waals surface area contributed by atoms with Crippen molar-refractivity contribution < 1.29 is 36.3 Å². The number of anilines is 1. The van der Waals surface area contributed by atoms with Gasteiger partial charge in [-0.1, -0.05) is 6.92 Å². The Morgan fingerprint density at radius 1 is 1.29 bits per heavy atom. The van der Waals surface area contributed by atoms with Gasteiger partial charge in [-0.2, -0.15) is 13.2 Å². The minimum Gasteiger partial charge on any atom is -0.465 e. The van der Waals surface area contributed by atoms with Crippen molar-refractivity contribution in [1.29, 1.82) is 0 Å². The Kier molecular flexibility index (Phi) is 6.04. The molecule has 24 heavy (non-hydrogen) atoms. The van der Waals surface area contributed by atoms with Crippen molar-refractivity contribution >= 4 is 17.7 Å². The molecule has 0 aliphatic rings. The molecule has 0 bridgehead atoms. The first-order chi connectivity index (χ1) is 11.1. The van der Waals surface area contributed by atoms with Gasteiger partial charge in [0.2, 0.25) is 0 Å². The summed E-state index contributed by atoms with van der Waals surface area (Å²) in [6, 6.07) is -0.955. The first kappa shape index (κ1) is 19.6. The van der Waals surface area contributed by atoms with Crippen LogP contribution in [0.1, 0.15) is 40.7 Å². The zero-order chi connectivity index (χ0) is 18.7. The van der Waals surface area contributed by atoms with E-state index in [1.165, 1.54) is 14.0 Å². The number of aromatic nitrogens is 1. The van der Waals surface area contributed by atoms with Crippen molar-refractivity contribution in [2.24, 2.45) is 0 Å².